The largest absolute Gasteiger partial charge is 0.462 e. The molecule has 3 aromatic rings. The highest BCUT2D eigenvalue weighted by Gasteiger charge is 2.16. The third-order valence-electron chi connectivity index (χ3n) is 3.17. The Kier molecular flexibility index (Phi) is 3.21. The molecule has 0 radical (unpaired) electrons. The van der Waals surface area contributed by atoms with Crippen molar-refractivity contribution in [1.82, 2.24) is 10.2 Å². The minimum absolute atomic E-state index is 0.348. The van der Waals surface area contributed by atoms with Crippen LogP contribution in [0.1, 0.15) is 17.3 Å². The molecule has 0 aliphatic rings. The van der Waals surface area contributed by atoms with E-state index in [0.717, 1.165) is 16.3 Å². The van der Waals surface area contributed by atoms with Gasteiger partial charge in [-0.15, -0.1) is 0 Å². The smallest absolute Gasteiger partial charge is 0.341 e. The lowest BCUT2D eigenvalue weighted by atomic mass is 10.0. The van der Waals surface area contributed by atoms with Crippen LogP contribution in [0.25, 0.3) is 22.0 Å². The Hall–Kier alpha value is -2.62. The SMILES string of the molecule is CCOC(=O)c1cn[nH]c1-c1ccc2ccccc2c1. The van der Waals surface area contributed by atoms with Crippen molar-refractivity contribution in [3.63, 3.8) is 0 Å². The van der Waals surface area contributed by atoms with Gasteiger partial charge in [-0.05, 0) is 23.8 Å². The number of ether oxygens (including phenoxy) is 1. The maximum atomic E-state index is 11.9. The Labute approximate surface area is 116 Å². The number of aromatic amines is 1. The second-order valence-electron chi connectivity index (χ2n) is 4.44. The minimum atomic E-state index is -0.357. The van der Waals surface area contributed by atoms with E-state index in [0.29, 0.717) is 17.9 Å². The first-order valence-electron chi connectivity index (χ1n) is 6.49. The summed E-state index contributed by atoms with van der Waals surface area (Å²) in [5.74, 6) is -0.357. The van der Waals surface area contributed by atoms with E-state index in [1.807, 2.05) is 36.4 Å². The number of nitrogens with zero attached hydrogens (tertiary/aromatic N) is 1. The molecule has 0 bridgehead atoms. The van der Waals surface area contributed by atoms with Crippen LogP contribution in [-0.4, -0.2) is 22.8 Å². The average Bonchev–Trinajstić information content (AvgIpc) is 2.96. The molecule has 1 N–H and O–H groups in total. The summed E-state index contributed by atoms with van der Waals surface area (Å²) >= 11 is 0. The van der Waals surface area contributed by atoms with Crippen LogP contribution < -0.4 is 0 Å². The van der Waals surface area contributed by atoms with E-state index in [4.69, 9.17) is 4.74 Å². The van der Waals surface area contributed by atoms with Crippen molar-refractivity contribution in [2.24, 2.45) is 0 Å². The number of hydrogen-bond donors (Lipinski definition) is 1. The number of carbonyl (C=O) groups is 1. The summed E-state index contributed by atoms with van der Waals surface area (Å²) in [6.45, 7) is 2.13. The molecule has 0 fully saturated rings. The Balaban J connectivity index is 2.07. The van der Waals surface area contributed by atoms with Crippen LogP contribution >= 0.6 is 0 Å². The van der Waals surface area contributed by atoms with Gasteiger partial charge in [-0.25, -0.2) is 4.79 Å². The maximum absolute atomic E-state index is 11.9. The fraction of sp³-hybridized carbons (Fsp3) is 0.125. The van der Waals surface area contributed by atoms with Gasteiger partial charge in [-0.1, -0.05) is 36.4 Å². The number of esters is 1. The fourth-order valence-corrected chi connectivity index (χ4v) is 2.21. The molecule has 0 saturated carbocycles. The molecular formula is C16H14N2O2. The van der Waals surface area contributed by atoms with Crippen molar-refractivity contribution in [3.05, 3.63) is 54.2 Å². The third-order valence-corrected chi connectivity index (χ3v) is 3.17. The summed E-state index contributed by atoms with van der Waals surface area (Å²) in [7, 11) is 0. The van der Waals surface area contributed by atoms with E-state index in [9.17, 15) is 4.79 Å². The van der Waals surface area contributed by atoms with Crippen molar-refractivity contribution in [2.45, 2.75) is 6.92 Å². The molecule has 0 aliphatic heterocycles. The van der Waals surface area contributed by atoms with E-state index in [1.165, 1.54) is 6.20 Å². The van der Waals surface area contributed by atoms with Gasteiger partial charge in [-0.3, -0.25) is 5.10 Å². The van der Waals surface area contributed by atoms with Gasteiger partial charge >= 0.3 is 5.97 Å². The topological polar surface area (TPSA) is 55.0 Å². The van der Waals surface area contributed by atoms with Gasteiger partial charge in [-0.2, -0.15) is 5.10 Å². The standard InChI is InChI=1S/C16H14N2O2/c1-2-20-16(19)14-10-17-18-15(14)13-8-7-11-5-3-4-6-12(11)9-13/h3-10H,2H2,1H3,(H,17,18). The van der Waals surface area contributed by atoms with E-state index in [-0.39, 0.29) is 5.97 Å². The number of hydrogen-bond acceptors (Lipinski definition) is 3. The second kappa shape index (κ2) is 5.17. The molecule has 1 heterocycles. The molecule has 4 heteroatoms. The summed E-state index contributed by atoms with van der Waals surface area (Å²) in [4.78, 5) is 11.9. The number of aromatic nitrogens is 2. The van der Waals surface area contributed by atoms with Crippen LogP contribution in [0.3, 0.4) is 0 Å². The van der Waals surface area contributed by atoms with Gasteiger partial charge in [0.2, 0.25) is 0 Å². The summed E-state index contributed by atoms with van der Waals surface area (Å²) in [6.07, 6.45) is 1.50. The molecule has 0 aliphatic carbocycles. The lowest BCUT2D eigenvalue weighted by Gasteiger charge is -2.05. The monoisotopic (exact) mass is 266 g/mol. The zero-order chi connectivity index (χ0) is 13.9. The van der Waals surface area contributed by atoms with Crippen LogP contribution in [0.5, 0.6) is 0 Å². The molecule has 100 valence electrons. The molecule has 3 rings (SSSR count). The Morgan fingerprint density at radius 2 is 2.00 bits per heavy atom. The fourth-order valence-electron chi connectivity index (χ4n) is 2.21. The molecule has 0 saturated heterocycles. The normalized spacial score (nSPS) is 10.7. The van der Waals surface area contributed by atoms with Crippen molar-refractivity contribution in [3.8, 4) is 11.3 Å². The van der Waals surface area contributed by atoms with E-state index in [1.54, 1.807) is 6.92 Å². The molecule has 1 aromatic heterocycles. The van der Waals surface area contributed by atoms with Gasteiger partial charge < -0.3 is 4.74 Å². The van der Waals surface area contributed by atoms with Crippen LogP contribution in [0.15, 0.2) is 48.7 Å². The highest BCUT2D eigenvalue weighted by atomic mass is 16.5. The Bertz CT molecular complexity index is 762. The van der Waals surface area contributed by atoms with Crippen LogP contribution in [0, 0.1) is 0 Å². The molecular weight excluding hydrogens is 252 g/mol. The van der Waals surface area contributed by atoms with Gasteiger partial charge in [0.1, 0.15) is 5.56 Å². The summed E-state index contributed by atoms with van der Waals surface area (Å²) in [6, 6.07) is 14.1. The minimum Gasteiger partial charge on any atom is -0.462 e. The Morgan fingerprint density at radius 3 is 2.80 bits per heavy atom. The quantitative estimate of drug-likeness (QED) is 0.739. The van der Waals surface area contributed by atoms with Crippen molar-refractivity contribution >= 4 is 16.7 Å². The number of H-pyrrole nitrogens is 1. The lowest BCUT2D eigenvalue weighted by molar-refractivity contribution is 0.0527. The van der Waals surface area contributed by atoms with E-state index >= 15 is 0 Å². The van der Waals surface area contributed by atoms with Gasteiger partial charge in [0.05, 0.1) is 18.5 Å². The van der Waals surface area contributed by atoms with Gasteiger partial charge in [0, 0.05) is 5.56 Å². The summed E-state index contributed by atoms with van der Waals surface area (Å²) in [5.41, 5.74) is 2.07. The van der Waals surface area contributed by atoms with Crippen molar-refractivity contribution in [1.29, 1.82) is 0 Å². The molecule has 4 nitrogen and oxygen atoms in total. The molecule has 0 atom stereocenters. The van der Waals surface area contributed by atoms with Crippen LogP contribution in [0.4, 0.5) is 0 Å². The number of nitrogens with one attached hydrogen (secondary N) is 1. The highest BCUT2D eigenvalue weighted by Crippen LogP contribution is 2.25. The number of carbonyl (C=O) groups excluding carboxylic acids is 1. The number of rotatable bonds is 3. The zero-order valence-electron chi connectivity index (χ0n) is 11.1. The summed E-state index contributed by atoms with van der Waals surface area (Å²) < 4.78 is 5.04. The lowest BCUT2D eigenvalue weighted by Crippen LogP contribution is -2.04. The predicted molar refractivity (Wildman–Crippen MR) is 77.5 cm³/mol. The van der Waals surface area contributed by atoms with Crippen LogP contribution in [-0.2, 0) is 4.74 Å². The first kappa shape index (κ1) is 12.4. The van der Waals surface area contributed by atoms with Gasteiger partial charge in [0.15, 0.2) is 0 Å². The molecule has 0 amide bonds. The molecule has 20 heavy (non-hydrogen) atoms. The average molecular weight is 266 g/mol. The van der Waals surface area contributed by atoms with E-state index in [2.05, 4.69) is 16.3 Å². The number of fused-ring (bicyclic) bond motifs is 1. The predicted octanol–water partition coefficient (Wildman–Crippen LogP) is 3.41. The van der Waals surface area contributed by atoms with Gasteiger partial charge in [0.25, 0.3) is 0 Å². The molecule has 0 spiro atoms. The van der Waals surface area contributed by atoms with Crippen LogP contribution in [0.2, 0.25) is 0 Å². The Morgan fingerprint density at radius 1 is 1.20 bits per heavy atom. The highest BCUT2D eigenvalue weighted by molar-refractivity contribution is 5.97. The maximum Gasteiger partial charge on any atom is 0.341 e. The molecule has 0 unspecified atom stereocenters. The summed E-state index contributed by atoms with van der Waals surface area (Å²) in [5, 5.41) is 9.11. The first-order valence-corrected chi connectivity index (χ1v) is 6.49. The van der Waals surface area contributed by atoms with Crippen molar-refractivity contribution in [2.75, 3.05) is 6.61 Å². The first-order chi connectivity index (χ1) is 9.79. The molecule has 2 aromatic carbocycles. The third kappa shape index (κ3) is 2.16. The zero-order valence-corrected chi connectivity index (χ0v) is 11.1. The van der Waals surface area contributed by atoms with E-state index < -0.39 is 0 Å². The van der Waals surface area contributed by atoms with Crippen molar-refractivity contribution < 1.29 is 9.53 Å². The number of benzene rings is 2. The second-order valence-corrected chi connectivity index (χ2v) is 4.44.